The number of amides is 3. The van der Waals surface area contributed by atoms with Crippen LogP contribution in [0.25, 0.3) is 0 Å². The molecule has 25 heavy (non-hydrogen) atoms. The van der Waals surface area contributed by atoms with Crippen LogP contribution in [0.4, 0.5) is 10.5 Å². The van der Waals surface area contributed by atoms with Crippen LogP contribution in [0.3, 0.4) is 0 Å². The van der Waals surface area contributed by atoms with Gasteiger partial charge in [0, 0.05) is 25.2 Å². The van der Waals surface area contributed by atoms with Crippen molar-refractivity contribution >= 4 is 17.6 Å². The summed E-state index contributed by atoms with van der Waals surface area (Å²) in [5.41, 5.74) is 3.07. The molecule has 0 aliphatic carbocycles. The maximum Gasteiger partial charge on any atom is 0.321 e. The predicted molar refractivity (Wildman–Crippen MR) is 98.5 cm³/mol. The highest BCUT2D eigenvalue weighted by Gasteiger charge is 2.21. The molecule has 1 fully saturated rings. The van der Waals surface area contributed by atoms with Crippen LogP contribution in [-0.4, -0.2) is 25.0 Å². The lowest BCUT2D eigenvalue weighted by molar-refractivity contribution is -0.121. The summed E-state index contributed by atoms with van der Waals surface area (Å²) in [6.45, 7) is 3.33. The topological polar surface area (TPSA) is 61.4 Å². The Morgan fingerprint density at radius 1 is 1.16 bits per heavy atom. The van der Waals surface area contributed by atoms with E-state index in [2.05, 4.69) is 10.6 Å². The molecule has 5 nitrogen and oxygen atoms in total. The summed E-state index contributed by atoms with van der Waals surface area (Å²) in [6.07, 6.45) is 1.21. The summed E-state index contributed by atoms with van der Waals surface area (Å²) >= 11 is 0. The van der Waals surface area contributed by atoms with Gasteiger partial charge in [-0.2, -0.15) is 0 Å². The van der Waals surface area contributed by atoms with Gasteiger partial charge in [-0.3, -0.25) is 9.69 Å². The molecule has 1 saturated heterocycles. The van der Waals surface area contributed by atoms with E-state index in [4.69, 9.17) is 0 Å². The lowest BCUT2D eigenvalue weighted by Gasteiger charge is -2.17. The van der Waals surface area contributed by atoms with Crippen molar-refractivity contribution in [2.24, 2.45) is 0 Å². The first-order valence-corrected chi connectivity index (χ1v) is 8.62. The number of benzene rings is 2. The first-order chi connectivity index (χ1) is 12.1. The Kier molecular flexibility index (Phi) is 5.33. The number of aryl methyl sites for hydroxylation is 1. The van der Waals surface area contributed by atoms with Crippen LogP contribution in [0, 0.1) is 0 Å². The molecule has 0 spiro atoms. The third-order valence-corrected chi connectivity index (χ3v) is 4.42. The molecule has 0 saturated carbocycles. The van der Waals surface area contributed by atoms with Crippen LogP contribution in [-0.2, 0) is 11.2 Å². The summed E-state index contributed by atoms with van der Waals surface area (Å²) in [5, 5.41) is 5.82. The molecular weight excluding hydrogens is 314 g/mol. The Balaban J connectivity index is 1.53. The minimum atomic E-state index is -0.0651. The zero-order valence-electron chi connectivity index (χ0n) is 14.4. The highest BCUT2D eigenvalue weighted by atomic mass is 16.2. The van der Waals surface area contributed by atoms with E-state index >= 15 is 0 Å². The quantitative estimate of drug-likeness (QED) is 0.851. The maximum atomic E-state index is 12.1. The summed E-state index contributed by atoms with van der Waals surface area (Å²) < 4.78 is 0. The van der Waals surface area contributed by atoms with Crippen LogP contribution in [0.2, 0.25) is 0 Å². The van der Waals surface area contributed by atoms with Gasteiger partial charge in [-0.25, -0.2) is 4.79 Å². The van der Waals surface area contributed by atoms with Gasteiger partial charge in [0.2, 0.25) is 5.91 Å². The zero-order valence-corrected chi connectivity index (χ0v) is 14.4. The van der Waals surface area contributed by atoms with E-state index < -0.39 is 0 Å². The van der Waals surface area contributed by atoms with E-state index in [0.717, 1.165) is 17.7 Å². The highest BCUT2D eigenvalue weighted by Crippen LogP contribution is 2.20. The Bertz CT molecular complexity index is 728. The molecule has 1 heterocycles. The Morgan fingerprint density at radius 3 is 2.52 bits per heavy atom. The number of hydrogen-bond donors (Lipinski definition) is 2. The van der Waals surface area contributed by atoms with E-state index in [9.17, 15) is 9.59 Å². The van der Waals surface area contributed by atoms with Crippen molar-refractivity contribution in [2.75, 3.05) is 18.0 Å². The average Bonchev–Trinajstić information content (AvgIpc) is 3.07. The Morgan fingerprint density at radius 2 is 1.88 bits per heavy atom. The number of carbonyl (C=O) groups is 2. The third kappa shape index (κ3) is 4.38. The second kappa shape index (κ2) is 7.83. The first kappa shape index (κ1) is 17.0. The zero-order chi connectivity index (χ0) is 17.6. The largest absolute Gasteiger partial charge is 0.350 e. The minimum absolute atomic E-state index is 0.0411. The molecule has 2 aromatic carbocycles. The second-order valence-electron chi connectivity index (χ2n) is 6.25. The van der Waals surface area contributed by atoms with E-state index in [0.29, 0.717) is 19.5 Å². The fourth-order valence-electron chi connectivity index (χ4n) is 2.96. The first-order valence-electron chi connectivity index (χ1n) is 8.62. The molecule has 1 unspecified atom stereocenters. The summed E-state index contributed by atoms with van der Waals surface area (Å²) in [6, 6.07) is 17.6. The van der Waals surface area contributed by atoms with Crippen LogP contribution < -0.4 is 15.5 Å². The fourth-order valence-corrected chi connectivity index (χ4v) is 2.96. The Labute approximate surface area is 148 Å². The molecule has 1 aliphatic heterocycles. The van der Waals surface area contributed by atoms with E-state index in [-0.39, 0.29) is 18.0 Å². The minimum Gasteiger partial charge on any atom is -0.350 e. The number of anilines is 1. The Hall–Kier alpha value is -2.82. The molecule has 2 aromatic rings. The lowest BCUT2D eigenvalue weighted by atomic mass is 10.1. The molecule has 0 bridgehead atoms. The van der Waals surface area contributed by atoms with Crippen molar-refractivity contribution in [3.05, 3.63) is 65.7 Å². The summed E-state index contributed by atoms with van der Waals surface area (Å²) in [7, 11) is 0. The normalized spacial score (nSPS) is 14.9. The standard InChI is InChI=1S/C20H23N3O2/c1-15(22-19(24)12-7-16-5-3-2-4-6-16)17-8-10-18(11-9-17)23-14-13-21-20(23)25/h2-6,8-11,15H,7,12-14H2,1H3,(H,21,25)(H,22,24). The van der Waals surface area contributed by atoms with Gasteiger partial charge in [0.15, 0.2) is 0 Å². The number of nitrogens with zero attached hydrogens (tertiary/aromatic N) is 1. The molecule has 5 heteroatoms. The summed E-state index contributed by atoms with van der Waals surface area (Å²) in [4.78, 5) is 25.5. The molecule has 2 N–H and O–H groups in total. The molecule has 0 radical (unpaired) electrons. The third-order valence-electron chi connectivity index (χ3n) is 4.42. The van der Waals surface area contributed by atoms with Crippen molar-refractivity contribution in [1.29, 1.82) is 0 Å². The second-order valence-corrected chi connectivity index (χ2v) is 6.25. The molecule has 3 rings (SSSR count). The van der Waals surface area contributed by atoms with Gasteiger partial charge in [-0.05, 0) is 36.6 Å². The number of rotatable bonds is 6. The van der Waals surface area contributed by atoms with E-state index in [1.54, 1.807) is 4.90 Å². The lowest BCUT2D eigenvalue weighted by Crippen LogP contribution is -2.28. The van der Waals surface area contributed by atoms with Gasteiger partial charge < -0.3 is 10.6 Å². The highest BCUT2D eigenvalue weighted by molar-refractivity contribution is 5.94. The van der Waals surface area contributed by atoms with Gasteiger partial charge in [0.05, 0.1) is 6.04 Å². The van der Waals surface area contributed by atoms with Crippen molar-refractivity contribution < 1.29 is 9.59 Å². The number of urea groups is 1. The molecule has 0 aromatic heterocycles. The van der Waals surface area contributed by atoms with Crippen LogP contribution in [0.15, 0.2) is 54.6 Å². The van der Waals surface area contributed by atoms with E-state index in [1.165, 1.54) is 5.56 Å². The van der Waals surface area contributed by atoms with E-state index in [1.807, 2.05) is 61.5 Å². The van der Waals surface area contributed by atoms with Crippen molar-refractivity contribution in [3.8, 4) is 0 Å². The van der Waals surface area contributed by atoms with Crippen molar-refractivity contribution in [1.82, 2.24) is 10.6 Å². The van der Waals surface area contributed by atoms with Gasteiger partial charge >= 0.3 is 6.03 Å². The number of hydrogen-bond acceptors (Lipinski definition) is 2. The number of nitrogens with one attached hydrogen (secondary N) is 2. The molecule has 1 atom stereocenters. The monoisotopic (exact) mass is 337 g/mol. The smallest absolute Gasteiger partial charge is 0.321 e. The van der Waals surface area contributed by atoms with Gasteiger partial charge in [-0.15, -0.1) is 0 Å². The average molecular weight is 337 g/mol. The van der Waals surface area contributed by atoms with Gasteiger partial charge in [0.25, 0.3) is 0 Å². The number of carbonyl (C=O) groups excluding carboxylic acids is 2. The van der Waals surface area contributed by atoms with Crippen LogP contribution in [0.1, 0.15) is 30.5 Å². The predicted octanol–water partition coefficient (Wildman–Crippen LogP) is 3.03. The molecule has 130 valence electrons. The molecular formula is C20H23N3O2. The molecule has 1 aliphatic rings. The van der Waals surface area contributed by atoms with Gasteiger partial charge in [0.1, 0.15) is 0 Å². The van der Waals surface area contributed by atoms with Gasteiger partial charge in [-0.1, -0.05) is 42.5 Å². The molecule has 3 amide bonds. The van der Waals surface area contributed by atoms with Crippen molar-refractivity contribution in [3.63, 3.8) is 0 Å². The van der Waals surface area contributed by atoms with Crippen molar-refractivity contribution in [2.45, 2.75) is 25.8 Å². The summed E-state index contributed by atoms with van der Waals surface area (Å²) in [5.74, 6) is 0.0411. The maximum absolute atomic E-state index is 12.1. The SMILES string of the molecule is CC(NC(=O)CCc1ccccc1)c1ccc(N2CCNC2=O)cc1. The fraction of sp³-hybridized carbons (Fsp3) is 0.300. The van der Waals surface area contributed by atoms with Crippen LogP contribution in [0.5, 0.6) is 0 Å². The van der Waals surface area contributed by atoms with Crippen LogP contribution >= 0.6 is 0 Å².